The number of allylic oxidation sites excluding steroid dienone is 1. The molecule has 1 aliphatic heterocycles. The van der Waals surface area contributed by atoms with Gasteiger partial charge in [-0.1, -0.05) is 35.0 Å². The van der Waals surface area contributed by atoms with E-state index in [-0.39, 0.29) is 12.1 Å². The van der Waals surface area contributed by atoms with Crippen molar-refractivity contribution in [1.82, 2.24) is 0 Å². The SMILES string of the molecule is F/C(=C1/SC(Nc2c(Cl)cc(C(F)(F)F)cc2Cl)=NC1(C(F)(F)F)C(F)(F)F)C(F)(F)F. The van der Waals surface area contributed by atoms with Crippen LogP contribution in [-0.4, -0.2) is 29.2 Å². The zero-order chi connectivity index (χ0) is 25.1. The third kappa shape index (κ3) is 4.71. The average Bonchev–Trinajstić information content (AvgIpc) is 2.95. The van der Waals surface area contributed by atoms with Gasteiger partial charge in [0.1, 0.15) is 0 Å². The molecule has 0 fully saturated rings. The summed E-state index contributed by atoms with van der Waals surface area (Å²) in [6.45, 7) is 0. The number of benzene rings is 1. The van der Waals surface area contributed by atoms with Crippen LogP contribution in [0.3, 0.4) is 0 Å². The molecule has 0 saturated carbocycles. The number of halogens is 15. The highest BCUT2D eigenvalue weighted by molar-refractivity contribution is 8.17. The summed E-state index contributed by atoms with van der Waals surface area (Å²) in [5.74, 6) is -3.72. The molecule has 0 radical (unpaired) electrons. The Hall–Kier alpha value is -1.55. The Morgan fingerprint density at radius 3 is 1.62 bits per heavy atom. The lowest BCUT2D eigenvalue weighted by atomic mass is 9.97. The third-order valence-electron chi connectivity index (χ3n) is 3.67. The molecule has 0 spiro atoms. The lowest BCUT2D eigenvalue weighted by molar-refractivity contribution is -0.280. The molecule has 32 heavy (non-hydrogen) atoms. The zero-order valence-electron chi connectivity index (χ0n) is 14.2. The molecule has 1 heterocycles. The van der Waals surface area contributed by atoms with Crippen LogP contribution in [0, 0.1) is 0 Å². The van der Waals surface area contributed by atoms with E-state index in [2.05, 4.69) is 4.99 Å². The first-order chi connectivity index (χ1) is 14.1. The lowest BCUT2D eigenvalue weighted by Crippen LogP contribution is -2.55. The van der Waals surface area contributed by atoms with Gasteiger partial charge < -0.3 is 5.32 Å². The highest BCUT2D eigenvalue weighted by Gasteiger charge is 2.77. The standard InChI is InChI=1S/C14H3Cl2F13N2S/c15-4-1-3(11(18,19)20)2-5(16)6(4)30-9-31-10(13(24,25)26,14(27,28)29)8(32-9)7(17)12(21,22)23/h1-2H,(H,30,31)/b8-7+. The summed E-state index contributed by atoms with van der Waals surface area (Å²) in [5.41, 5.74) is -8.03. The molecule has 0 bridgehead atoms. The molecule has 180 valence electrons. The number of rotatable bonds is 1. The minimum atomic E-state index is -6.60. The number of amidine groups is 1. The van der Waals surface area contributed by atoms with Crippen LogP contribution in [0.5, 0.6) is 0 Å². The average molecular weight is 549 g/mol. The predicted octanol–water partition coefficient (Wildman–Crippen LogP) is 8.13. The second-order valence-corrected chi connectivity index (χ2v) is 7.62. The number of alkyl halides is 12. The van der Waals surface area contributed by atoms with Gasteiger partial charge in [-0.15, -0.1) is 0 Å². The fraction of sp³-hybridized carbons (Fsp3) is 0.357. The van der Waals surface area contributed by atoms with Gasteiger partial charge in [0, 0.05) is 0 Å². The Morgan fingerprint density at radius 1 is 0.844 bits per heavy atom. The fourth-order valence-corrected chi connectivity index (χ4v) is 4.03. The minimum absolute atomic E-state index is 0.184. The van der Waals surface area contributed by atoms with E-state index in [4.69, 9.17) is 23.2 Å². The summed E-state index contributed by atoms with van der Waals surface area (Å²) in [7, 11) is 0. The molecule has 18 heteroatoms. The number of thioether (sulfide) groups is 1. The largest absolute Gasteiger partial charge is 0.443 e. The molecule has 1 aromatic carbocycles. The Kier molecular flexibility index (Phi) is 6.71. The highest BCUT2D eigenvalue weighted by atomic mass is 35.5. The van der Waals surface area contributed by atoms with E-state index in [0.717, 1.165) is 0 Å². The summed E-state index contributed by atoms with van der Waals surface area (Å²) < 4.78 is 170. The molecule has 0 aromatic heterocycles. The summed E-state index contributed by atoms with van der Waals surface area (Å²) in [6.07, 6.45) is -24.5. The molecule has 1 aliphatic rings. The van der Waals surface area contributed by atoms with E-state index >= 15 is 0 Å². The number of anilines is 1. The Morgan fingerprint density at radius 2 is 1.28 bits per heavy atom. The first-order valence-electron chi connectivity index (χ1n) is 7.34. The van der Waals surface area contributed by atoms with Crippen molar-refractivity contribution >= 4 is 45.8 Å². The van der Waals surface area contributed by atoms with E-state index < -0.39 is 79.2 Å². The first-order valence-corrected chi connectivity index (χ1v) is 8.92. The topological polar surface area (TPSA) is 24.4 Å². The quantitative estimate of drug-likeness (QED) is 0.358. The molecule has 2 nitrogen and oxygen atoms in total. The van der Waals surface area contributed by atoms with E-state index in [0.29, 0.717) is 0 Å². The molecule has 0 atom stereocenters. The van der Waals surface area contributed by atoms with Crippen molar-refractivity contribution in [3.63, 3.8) is 0 Å². The molecule has 2 rings (SSSR count). The smallest absolute Gasteiger partial charge is 0.332 e. The Labute approximate surface area is 182 Å². The number of nitrogens with zero attached hydrogens (tertiary/aromatic N) is 1. The van der Waals surface area contributed by atoms with Crippen molar-refractivity contribution in [3.8, 4) is 0 Å². The molecule has 0 saturated heterocycles. The Balaban J connectivity index is 2.70. The van der Waals surface area contributed by atoms with Gasteiger partial charge in [-0.05, 0) is 12.1 Å². The number of aliphatic imine (C=N–C) groups is 1. The third-order valence-corrected chi connectivity index (χ3v) is 5.33. The van der Waals surface area contributed by atoms with Crippen LogP contribution in [0.2, 0.25) is 10.0 Å². The number of nitrogens with one attached hydrogen (secondary N) is 1. The van der Waals surface area contributed by atoms with Crippen LogP contribution in [0.4, 0.5) is 62.8 Å². The minimum Gasteiger partial charge on any atom is -0.332 e. The summed E-state index contributed by atoms with van der Waals surface area (Å²) >= 11 is 10.0. The Bertz CT molecular complexity index is 936. The molecule has 0 amide bonds. The second-order valence-electron chi connectivity index (χ2n) is 5.80. The lowest BCUT2D eigenvalue weighted by Gasteiger charge is -2.31. The first kappa shape index (κ1) is 26.7. The normalized spacial score (nSPS) is 19.2. The van der Waals surface area contributed by atoms with Crippen molar-refractivity contribution in [2.24, 2.45) is 4.99 Å². The van der Waals surface area contributed by atoms with Crippen LogP contribution in [0.25, 0.3) is 0 Å². The van der Waals surface area contributed by atoms with Gasteiger partial charge in [0.05, 0.1) is 26.2 Å². The van der Waals surface area contributed by atoms with Gasteiger partial charge in [0.2, 0.25) is 5.83 Å². The van der Waals surface area contributed by atoms with E-state index in [1.807, 2.05) is 0 Å². The van der Waals surface area contributed by atoms with Crippen LogP contribution >= 0.6 is 35.0 Å². The van der Waals surface area contributed by atoms with Gasteiger partial charge in [-0.25, -0.2) is 9.38 Å². The second kappa shape index (κ2) is 8.04. The van der Waals surface area contributed by atoms with Crippen LogP contribution in [0.15, 0.2) is 27.9 Å². The molecular formula is C14H3Cl2F13N2S. The van der Waals surface area contributed by atoms with Crippen LogP contribution < -0.4 is 5.32 Å². The molecular weight excluding hydrogens is 546 g/mol. The van der Waals surface area contributed by atoms with Gasteiger partial charge in [-0.3, -0.25) is 0 Å². The molecule has 1 N–H and O–H groups in total. The zero-order valence-corrected chi connectivity index (χ0v) is 16.5. The highest BCUT2D eigenvalue weighted by Crippen LogP contribution is 2.59. The maximum absolute atomic E-state index is 13.7. The van der Waals surface area contributed by atoms with Gasteiger partial charge in [0.15, 0.2) is 5.17 Å². The van der Waals surface area contributed by atoms with Crippen molar-refractivity contribution in [1.29, 1.82) is 0 Å². The summed E-state index contributed by atoms with van der Waals surface area (Å²) in [6, 6.07) is 0.369. The van der Waals surface area contributed by atoms with Crippen molar-refractivity contribution < 1.29 is 57.1 Å². The van der Waals surface area contributed by atoms with E-state index in [9.17, 15) is 57.1 Å². The maximum atomic E-state index is 13.7. The van der Waals surface area contributed by atoms with Gasteiger partial charge >= 0.3 is 24.7 Å². The van der Waals surface area contributed by atoms with Crippen molar-refractivity contribution in [3.05, 3.63) is 38.5 Å². The monoisotopic (exact) mass is 548 g/mol. The van der Waals surface area contributed by atoms with Crippen LogP contribution in [0.1, 0.15) is 5.56 Å². The van der Waals surface area contributed by atoms with Crippen molar-refractivity contribution in [2.45, 2.75) is 30.2 Å². The maximum Gasteiger partial charge on any atom is 0.443 e. The van der Waals surface area contributed by atoms with Gasteiger partial charge in [-0.2, -0.15) is 52.7 Å². The number of hydrogen-bond acceptors (Lipinski definition) is 3. The van der Waals surface area contributed by atoms with Gasteiger partial charge in [0.25, 0.3) is 5.54 Å². The molecule has 0 unspecified atom stereocenters. The van der Waals surface area contributed by atoms with E-state index in [1.54, 1.807) is 5.32 Å². The molecule has 0 aliphatic carbocycles. The summed E-state index contributed by atoms with van der Waals surface area (Å²) in [5, 5.41) is -1.97. The number of hydrogen-bond donors (Lipinski definition) is 1. The predicted molar refractivity (Wildman–Crippen MR) is 89.1 cm³/mol. The van der Waals surface area contributed by atoms with Crippen molar-refractivity contribution in [2.75, 3.05) is 5.32 Å². The summed E-state index contributed by atoms with van der Waals surface area (Å²) in [4.78, 5) is -0.689. The fourth-order valence-electron chi connectivity index (χ4n) is 2.29. The van der Waals surface area contributed by atoms with E-state index in [1.165, 1.54) is 0 Å². The molecule has 1 aromatic rings. The van der Waals surface area contributed by atoms with Crippen LogP contribution in [-0.2, 0) is 6.18 Å².